The monoisotopic (exact) mass is 229 g/mol. The van der Waals surface area contributed by atoms with Gasteiger partial charge in [0.25, 0.3) is 0 Å². The minimum Gasteiger partial charge on any atom is -0.320 e. The van der Waals surface area contributed by atoms with Crippen molar-refractivity contribution in [2.45, 2.75) is 19.8 Å². The maximum atomic E-state index is 13.4. The highest BCUT2D eigenvalue weighted by atomic mass is 35.5. The van der Waals surface area contributed by atoms with Crippen molar-refractivity contribution < 1.29 is 4.39 Å². The Hall–Kier alpha value is -0.600. The highest BCUT2D eigenvalue weighted by Gasteiger charge is 2.08. The molecule has 0 spiro atoms. The Labute approximate surface area is 95.6 Å². The SMILES string of the molecule is CNCCC(C)Cc1cc(Cl)ccc1F. The second-order valence-corrected chi connectivity index (χ2v) is 4.37. The van der Waals surface area contributed by atoms with Crippen molar-refractivity contribution in [2.75, 3.05) is 13.6 Å². The summed E-state index contributed by atoms with van der Waals surface area (Å²) >= 11 is 5.83. The summed E-state index contributed by atoms with van der Waals surface area (Å²) in [6, 6.07) is 4.73. The molecule has 3 heteroatoms. The molecule has 1 atom stereocenters. The van der Waals surface area contributed by atoms with E-state index in [2.05, 4.69) is 12.2 Å². The van der Waals surface area contributed by atoms with E-state index >= 15 is 0 Å². The summed E-state index contributed by atoms with van der Waals surface area (Å²) in [5.74, 6) is 0.307. The van der Waals surface area contributed by atoms with Crippen molar-refractivity contribution in [3.63, 3.8) is 0 Å². The molecule has 1 rings (SSSR count). The number of hydrogen-bond acceptors (Lipinski definition) is 1. The minimum absolute atomic E-state index is 0.157. The zero-order valence-corrected chi connectivity index (χ0v) is 9.94. The summed E-state index contributed by atoms with van der Waals surface area (Å²) in [6.45, 7) is 3.08. The van der Waals surface area contributed by atoms with E-state index in [4.69, 9.17) is 11.6 Å². The van der Waals surface area contributed by atoms with Crippen LogP contribution in [-0.4, -0.2) is 13.6 Å². The van der Waals surface area contributed by atoms with Crippen molar-refractivity contribution in [3.05, 3.63) is 34.6 Å². The number of benzene rings is 1. The molecule has 0 aliphatic heterocycles. The fourth-order valence-corrected chi connectivity index (χ4v) is 1.76. The topological polar surface area (TPSA) is 12.0 Å². The fourth-order valence-electron chi connectivity index (χ4n) is 1.57. The largest absolute Gasteiger partial charge is 0.320 e. The van der Waals surface area contributed by atoms with Gasteiger partial charge in [0.1, 0.15) is 5.82 Å². The van der Waals surface area contributed by atoms with E-state index in [0.29, 0.717) is 16.5 Å². The molecule has 1 aromatic rings. The van der Waals surface area contributed by atoms with Crippen LogP contribution in [0.25, 0.3) is 0 Å². The number of rotatable bonds is 5. The van der Waals surface area contributed by atoms with Crippen molar-refractivity contribution in [1.29, 1.82) is 0 Å². The molecule has 0 aromatic heterocycles. The Morgan fingerprint density at radius 3 is 2.87 bits per heavy atom. The first kappa shape index (κ1) is 12.5. The van der Waals surface area contributed by atoms with Crippen LogP contribution in [-0.2, 0) is 6.42 Å². The Morgan fingerprint density at radius 2 is 2.20 bits per heavy atom. The normalized spacial score (nSPS) is 12.8. The summed E-state index contributed by atoms with van der Waals surface area (Å²) in [4.78, 5) is 0. The third-order valence-electron chi connectivity index (χ3n) is 2.46. The van der Waals surface area contributed by atoms with E-state index in [-0.39, 0.29) is 5.82 Å². The van der Waals surface area contributed by atoms with Crippen molar-refractivity contribution in [1.82, 2.24) is 5.32 Å². The van der Waals surface area contributed by atoms with Gasteiger partial charge in [-0.3, -0.25) is 0 Å². The van der Waals surface area contributed by atoms with Gasteiger partial charge in [-0.2, -0.15) is 0 Å². The van der Waals surface area contributed by atoms with Crippen LogP contribution in [0.4, 0.5) is 4.39 Å². The van der Waals surface area contributed by atoms with Crippen LogP contribution in [0.3, 0.4) is 0 Å². The molecule has 0 amide bonds. The average Bonchev–Trinajstić information content (AvgIpc) is 2.20. The molecular formula is C12H17ClFN. The molecule has 0 bridgehead atoms. The number of nitrogens with one attached hydrogen (secondary N) is 1. The van der Waals surface area contributed by atoms with E-state index in [1.165, 1.54) is 6.07 Å². The van der Waals surface area contributed by atoms with Crippen LogP contribution in [0, 0.1) is 11.7 Å². The zero-order valence-electron chi connectivity index (χ0n) is 9.19. The molecule has 1 aromatic carbocycles. The van der Waals surface area contributed by atoms with Crippen LogP contribution in [0.5, 0.6) is 0 Å². The highest BCUT2D eigenvalue weighted by Crippen LogP contribution is 2.19. The molecule has 15 heavy (non-hydrogen) atoms. The first-order valence-corrected chi connectivity index (χ1v) is 5.59. The molecule has 1 nitrogen and oxygen atoms in total. The van der Waals surface area contributed by atoms with Gasteiger partial charge in [0, 0.05) is 5.02 Å². The van der Waals surface area contributed by atoms with Crippen molar-refractivity contribution >= 4 is 11.6 Å². The Morgan fingerprint density at radius 1 is 1.47 bits per heavy atom. The molecule has 1 unspecified atom stereocenters. The standard InChI is InChI=1S/C12H17ClFN/c1-9(5-6-15-2)7-10-8-11(13)3-4-12(10)14/h3-4,8-9,15H,5-7H2,1-2H3. The van der Waals surface area contributed by atoms with Gasteiger partial charge in [-0.15, -0.1) is 0 Å². The maximum absolute atomic E-state index is 13.4. The Balaban J connectivity index is 2.59. The molecular weight excluding hydrogens is 213 g/mol. The van der Waals surface area contributed by atoms with Crippen LogP contribution < -0.4 is 5.32 Å². The summed E-state index contributed by atoms with van der Waals surface area (Å²) in [7, 11) is 1.92. The quantitative estimate of drug-likeness (QED) is 0.817. The Kier molecular flexibility index (Phi) is 5.06. The number of hydrogen-bond donors (Lipinski definition) is 1. The molecule has 0 aliphatic rings. The van der Waals surface area contributed by atoms with Crippen LogP contribution in [0.15, 0.2) is 18.2 Å². The van der Waals surface area contributed by atoms with E-state index in [1.54, 1.807) is 12.1 Å². The summed E-state index contributed by atoms with van der Waals surface area (Å²) in [6.07, 6.45) is 1.79. The van der Waals surface area contributed by atoms with E-state index < -0.39 is 0 Å². The Bertz CT molecular complexity index is 314. The second-order valence-electron chi connectivity index (χ2n) is 3.94. The molecule has 0 saturated carbocycles. The van der Waals surface area contributed by atoms with Gasteiger partial charge in [0.2, 0.25) is 0 Å². The van der Waals surface area contributed by atoms with Gasteiger partial charge in [-0.05, 0) is 56.1 Å². The molecule has 1 N–H and O–H groups in total. The predicted molar refractivity (Wildman–Crippen MR) is 62.8 cm³/mol. The van der Waals surface area contributed by atoms with Crippen molar-refractivity contribution in [2.24, 2.45) is 5.92 Å². The van der Waals surface area contributed by atoms with Gasteiger partial charge in [0.15, 0.2) is 0 Å². The van der Waals surface area contributed by atoms with Crippen LogP contribution >= 0.6 is 11.6 Å². The van der Waals surface area contributed by atoms with Gasteiger partial charge in [-0.1, -0.05) is 18.5 Å². The third kappa shape index (κ3) is 4.18. The molecule has 0 radical (unpaired) electrons. The molecule has 84 valence electrons. The molecule has 0 saturated heterocycles. The molecule has 0 aliphatic carbocycles. The lowest BCUT2D eigenvalue weighted by Crippen LogP contribution is -2.13. The molecule has 0 fully saturated rings. The fraction of sp³-hybridized carbons (Fsp3) is 0.500. The van der Waals surface area contributed by atoms with Gasteiger partial charge in [0.05, 0.1) is 0 Å². The minimum atomic E-state index is -0.157. The van der Waals surface area contributed by atoms with Gasteiger partial charge < -0.3 is 5.32 Å². The van der Waals surface area contributed by atoms with E-state index in [0.717, 1.165) is 19.4 Å². The van der Waals surface area contributed by atoms with E-state index in [1.807, 2.05) is 7.05 Å². The second kappa shape index (κ2) is 6.09. The predicted octanol–water partition coefficient (Wildman–Crippen LogP) is 3.27. The lowest BCUT2D eigenvalue weighted by Gasteiger charge is -2.11. The third-order valence-corrected chi connectivity index (χ3v) is 2.70. The molecule has 0 heterocycles. The van der Waals surface area contributed by atoms with Crippen LogP contribution in [0.1, 0.15) is 18.9 Å². The smallest absolute Gasteiger partial charge is 0.126 e. The lowest BCUT2D eigenvalue weighted by molar-refractivity contribution is 0.499. The average molecular weight is 230 g/mol. The first-order chi connectivity index (χ1) is 7.13. The van der Waals surface area contributed by atoms with E-state index in [9.17, 15) is 4.39 Å². The first-order valence-electron chi connectivity index (χ1n) is 5.22. The highest BCUT2D eigenvalue weighted by molar-refractivity contribution is 6.30. The van der Waals surface area contributed by atoms with Crippen molar-refractivity contribution in [3.8, 4) is 0 Å². The van der Waals surface area contributed by atoms with Crippen LogP contribution in [0.2, 0.25) is 5.02 Å². The number of halogens is 2. The lowest BCUT2D eigenvalue weighted by atomic mass is 9.98. The summed E-state index contributed by atoms with van der Waals surface area (Å²) in [5.41, 5.74) is 0.714. The maximum Gasteiger partial charge on any atom is 0.126 e. The summed E-state index contributed by atoms with van der Waals surface area (Å²) < 4.78 is 13.4. The van der Waals surface area contributed by atoms with Gasteiger partial charge >= 0.3 is 0 Å². The zero-order chi connectivity index (χ0) is 11.3. The van der Waals surface area contributed by atoms with Gasteiger partial charge in [-0.25, -0.2) is 4.39 Å². The summed E-state index contributed by atoms with van der Waals surface area (Å²) in [5, 5.41) is 3.69.